The molecule has 1 aliphatic carbocycles. The second kappa shape index (κ2) is 15.6. The normalized spacial score (nSPS) is 24.0. The smallest absolute Gasteiger partial charge is 0.206 e. The topological polar surface area (TPSA) is 72.1 Å². The zero-order valence-electron chi connectivity index (χ0n) is 32.0. The lowest BCUT2D eigenvalue weighted by molar-refractivity contribution is 0.0727. The van der Waals surface area contributed by atoms with Crippen molar-refractivity contribution < 1.29 is 18.6 Å². The number of hydrogen-bond acceptors (Lipinski definition) is 7. The van der Waals surface area contributed by atoms with Gasteiger partial charge in [-0.2, -0.15) is 5.26 Å². The van der Waals surface area contributed by atoms with Crippen LogP contribution in [0.2, 0.25) is 0 Å². The van der Waals surface area contributed by atoms with Gasteiger partial charge < -0.3 is 14.7 Å². The average molecular weight is 719 g/mol. The molecule has 3 heterocycles. The molecule has 1 aromatic carbocycles. The van der Waals surface area contributed by atoms with Crippen LogP contribution in [-0.4, -0.2) is 58.9 Å². The lowest BCUT2D eigenvalue weighted by Crippen LogP contribution is -2.42. The Morgan fingerprint density at radius 2 is 1.96 bits per heavy atom. The molecular formula is C42H56F2N4O2S. The summed E-state index contributed by atoms with van der Waals surface area (Å²) in [4.78, 5) is 10.1. The number of fused-ring (bicyclic) bond motifs is 2. The van der Waals surface area contributed by atoms with E-state index in [0.29, 0.717) is 45.8 Å². The van der Waals surface area contributed by atoms with Crippen LogP contribution in [0.3, 0.4) is 0 Å². The molecule has 5 rings (SSSR count). The summed E-state index contributed by atoms with van der Waals surface area (Å²) in [6.07, 6.45) is 7.88. The van der Waals surface area contributed by atoms with Crippen LogP contribution in [0.1, 0.15) is 116 Å². The number of aliphatic hydroxyl groups is 1. The van der Waals surface area contributed by atoms with E-state index in [-0.39, 0.29) is 50.7 Å². The standard InChI is InChI=1S/C42H56F2N4O2S/c1-11-26(6)13-16-34(24(2)3)47(10)28(8)31-19-35(49)37(30-14-15-33(43)41-36(30)32(21-45)40(51-41)25(4)5)38(44)39(31)46-29(9)50-23-42-17-12-18-48(42)22-27(7)20-42/h14-15,19,24-27,34,49H,9,11-13,16-18,20,22-23H2,1-8,10H3/b31-28+,46-39+. The van der Waals surface area contributed by atoms with Gasteiger partial charge in [0.2, 0.25) is 5.88 Å². The van der Waals surface area contributed by atoms with Crippen molar-refractivity contribution in [3.05, 3.63) is 75.3 Å². The number of nitrogens with zero attached hydrogens (tertiary/aromatic N) is 4. The molecular weight excluding hydrogens is 663 g/mol. The van der Waals surface area contributed by atoms with E-state index in [1.807, 2.05) is 27.8 Å². The van der Waals surface area contributed by atoms with E-state index in [4.69, 9.17) is 9.73 Å². The number of hydrogen-bond donors (Lipinski definition) is 1. The number of halogens is 2. The first kappa shape index (κ1) is 38.7. The van der Waals surface area contributed by atoms with Gasteiger partial charge in [0.25, 0.3) is 0 Å². The van der Waals surface area contributed by atoms with Crippen molar-refractivity contribution in [1.82, 2.24) is 9.80 Å². The molecule has 0 amide bonds. The Bertz CT molecular complexity index is 1830. The molecule has 1 N–H and O–H groups in total. The Hall–Kier alpha value is -3.48. The lowest BCUT2D eigenvalue weighted by atomic mass is 9.87. The van der Waals surface area contributed by atoms with Gasteiger partial charge in [0, 0.05) is 41.2 Å². The maximum absolute atomic E-state index is 17.4. The second-order valence-electron chi connectivity index (χ2n) is 15.9. The largest absolute Gasteiger partial charge is 0.507 e. The van der Waals surface area contributed by atoms with Gasteiger partial charge in [0.05, 0.1) is 21.4 Å². The van der Waals surface area contributed by atoms with Crippen molar-refractivity contribution >= 4 is 32.7 Å². The number of allylic oxidation sites excluding steroid dienone is 5. The minimum atomic E-state index is -0.771. The number of benzene rings is 1. The van der Waals surface area contributed by atoms with E-state index < -0.39 is 11.6 Å². The summed E-state index contributed by atoms with van der Waals surface area (Å²) >= 11 is 1.20. The fourth-order valence-electron chi connectivity index (χ4n) is 8.45. The highest BCUT2D eigenvalue weighted by atomic mass is 32.1. The van der Waals surface area contributed by atoms with Crippen LogP contribution >= 0.6 is 11.3 Å². The SMILES string of the molecule is C=C(/N=C1/C(F)=C(c2ccc(F)c3sc(C(C)C)c(C#N)c23)C(O)=C/C1=C(/C)N(C)C(CCC(C)CC)C(C)C)OCC12CCCN1CC(C)C2. The quantitative estimate of drug-likeness (QED) is 0.209. The number of thiophene rings is 1. The fourth-order valence-corrected chi connectivity index (χ4v) is 9.64. The summed E-state index contributed by atoms with van der Waals surface area (Å²) in [5.74, 6) is -0.0409. The summed E-state index contributed by atoms with van der Waals surface area (Å²) in [7, 11) is 2.02. The molecule has 0 spiro atoms. The van der Waals surface area contributed by atoms with E-state index in [9.17, 15) is 10.4 Å². The van der Waals surface area contributed by atoms with Gasteiger partial charge >= 0.3 is 0 Å². The van der Waals surface area contributed by atoms with Gasteiger partial charge in [0.15, 0.2) is 5.83 Å². The third-order valence-corrected chi connectivity index (χ3v) is 13.0. The number of ether oxygens (including phenoxy) is 1. The number of rotatable bonds is 13. The maximum Gasteiger partial charge on any atom is 0.206 e. The summed E-state index contributed by atoms with van der Waals surface area (Å²) in [5, 5.41) is 22.3. The Balaban J connectivity index is 1.64. The van der Waals surface area contributed by atoms with Crippen LogP contribution in [0.4, 0.5) is 8.78 Å². The van der Waals surface area contributed by atoms with E-state index in [0.717, 1.165) is 57.3 Å². The van der Waals surface area contributed by atoms with Crippen molar-refractivity contribution in [1.29, 1.82) is 5.26 Å². The zero-order chi connectivity index (χ0) is 37.4. The summed E-state index contributed by atoms with van der Waals surface area (Å²) in [5.41, 5.74) is 1.53. The van der Waals surface area contributed by atoms with Crippen LogP contribution in [0.25, 0.3) is 15.7 Å². The third-order valence-electron chi connectivity index (χ3n) is 11.5. The van der Waals surface area contributed by atoms with E-state index in [1.54, 1.807) is 6.08 Å². The van der Waals surface area contributed by atoms with Crippen LogP contribution < -0.4 is 0 Å². The molecule has 2 saturated heterocycles. The van der Waals surface area contributed by atoms with E-state index in [2.05, 4.69) is 57.1 Å². The predicted octanol–water partition coefficient (Wildman–Crippen LogP) is 11.0. The zero-order valence-corrected chi connectivity index (χ0v) is 32.8. The molecule has 9 heteroatoms. The molecule has 276 valence electrons. The molecule has 4 atom stereocenters. The Kier molecular flexibility index (Phi) is 11.9. The first-order valence-electron chi connectivity index (χ1n) is 18.7. The van der Waals surface area contributed by atoms with Crippen LogP contribution in [-0.2, 0) is 4.74 Å². The highest BCUT2D eigenvalue weighted by molar-refractivity contribution is 7.19. The highest BCUT2D eigenvalue weighted by Gasteiger charge is 2.47. The van der Waals surface area contributed by atoms with Crippen LogP contribution in [0.15, 0.2) is 58.5 Å². The molecule has 1 aromatic heterocycles. The van der Waals surface area contributed by atoms with Gasteiger partial charge in [-0.05, 0) is 93.5 Å². The molecule has 2 fully saturated rings. The summed E-state index contributed by atoms with van der Waals surface area (Å²) in [6.45, 7) is 23.6. The predicted molar refractivity (Wildman–Crippen MR) is 207 cm³/mol. The molecule has 0 radical (unpaired) electrons. The first-order chi connectivity index (χ1) is 24.1. The molecule has 2 aliphatic heterocycles. The average Bonchev–Trinajstić information content (AvgIpc) is 3.76. The molecule has 51 heavy (non-hydrogen) atoms. The Morgan fingerprint density at radius 3 is 2.61 bits per heavy atom. The highest BCUT2D eigenvalue weighted by Crippen LogP contribution is 2.45. The van der Waals surface area contributed by atoms with Crippen LogP contribution in [0.5, 0.6) is 0 Å². The maximum atomic E-state index is 17.4. The third kappa shape index (κ3) is 7.55. The fraction of sp³-hybridized carbons (Fsp3) is 0.571. The van der Waals surface area contributed by atoms with Gasteiger partial charge in [-0.1, -0.05) is 61.0 Å². The molecule has 0 saturated carbocycles. The summed E-state index contributed by atoms with van der Waals surface area (Å²) in [6, 6.07) is 5.14. The molecule has 3 aliphatic rings. The van der Waals surface area contributed by atoms with Gasteiger partial charge in [0.1, 0.15) is 30.0 Å². The van der Waals surface area contributed by atoms with Crippen LogP contribution in [0, 0.1) is 34.9 Å². The Morgan fingerprint density at radius 1 is 1.24 bits per heavy atom. The van der Waals surface area contributed by atoms with Crippen molar-refractivity contribution in [2.45, 2.75) is 111 Å². The van der Waals surface area contributed by atoms with E-state index >= 15 is 8.78 Å². The van der Waals surface area contributed by atoms with Crippen molar-refractivity contribution in [2.24, 2.45) is 22.7 Å². The van der Waals surface area contributed by atoms with Crippen molar-refractivity contribution in [3.8, 4) is 6.07 Å². The minimum absolute atomic E-state index is 0.00237. The molecule has 4 unspecified atom stereocenters. The van der Waals surface area contributed by atoms with Gasteiger partial charge in [-0.25, -0.2) is 13.8 Å². The minimum Gasteiger partial charge on any atom is -0.507 e. The Labute approximate surface area is 307 Å². The number of aliphatic hydroxyl groups excluding tert-OH is 1. The second-order valence-corrected chi connectivity index (χ2v) is 16.9. The lowest BCUT2D eigenvalue weighted by Gasteiger charge is -2.36. The molecule has 2 aromatic rings. The van der Waals surface area contributed by atoms with Gasteiger partial charge in [-0.15, -0.1) is 11.3 Å². The molecule has 0 bridgehead atoms. The van der Waals surface area contributed by atoms with Gasteiger partial charge in [-0.3, -0.25) is 4.90 Å². The first-order valence-corrected chi connectivity index (χ1v) is 19.5. The number of nitriles is 1. The summed E-state index contributed by atoms with van der Waals surface area (Å²) < 4.78 is 39.2. The molecule has 6 nitrogen and oxygen atoms in total. The van der Waals surface area contributed by atoms with Crippen molar-refractivity contribution in [3.63, 3.8) is 0 Å². The monoisotopic (exact) mass is 718 g/mol. The number of aliphatic imine (C=N–C) groups is 1. The van der Waals surface area contributed by atoms with Crippen molar-refractivity contribution in [2.75, 3.05) is 26.7 Å². The van der Waals surface area contributed by atoms with E-state index in [1.165, 1.54) is 23.5 Å².